The fourth-order valence-corrected chi connectivity index (χ4v) is 2.36. The Hall–Kier alpha value is -1.39. The number of aliphatic carboxylic acids is 1. The van der Waals surface area contributed by atoms with Crippen LogP contribution in [0.2, 0.25) is 0 Å². The van der Waals surface area contributed by atoms with Gasteiger partial charge in [-0.1, -0.05) is 13.8 Å². The van der Waals surface area contributed by atoms with Crippen molar-refractivity contribution in [1.82, 2.24) is 4.90 Å². The second-order valence-electron chi connectivity index (χ2n) is 5.81. The summed E-state index contributed by atoms with van der Waals surface area (Å²) in [6, 6.07) is -0.208. The van der Waals surface area contributed by atoms with Gasteiger partial charge in [-0.25, -0.2) is 0 Å². The number of carboxylic acid groups (broad SMARTS) is 1. The zero-order chi connectivity index (χ0) is 13.9. The predicted molar refractivity (Wildman–Crippen MR) is 65.8 cm³/mol. The molecule has 102 valence electrons. The van der Waals surface area contributed by atoms with Crippen molar-refractivity contribution >= 4 is 17.8 Å². The van der Waals surface area contributed by atoms with E-state index in [0.717, 1.165) is 0 Å². The number of likely N-dealkylation sites (tertiary alicyclic amines) is 1. The number of carbonyl (C=O) groups excluding carboxylic acids is 2. The number of piperidine rings is 1. The van der Waals surface area contributed by atoms with Crippen molar-refractivity contribution < 1.29 is 19.5 Å². The first-order valence-corrected chi connectivity index (χ1v) is 6.29. The first-order valence-electron chi connectivity index (χ1n) is 6.29. The van der Waals surface area contributed by atoms with Gasteiger partial charge in [0, 0.05) is 25.3 Å². The number of hydrogen-bond acceptors (Lipinski definition) is 3. The van der Waals surface area contributed by atoms with E-state index in [-0.39, 0.29) is 29.7 Å². The molecule has 5 heteroatoms. The lowest BCUT2D eigenvalue weighted by atomic mass is 9.81. The first kappa shape index (κ1) is 14.7. The molecule has 1 rings (SSSR count). The summed E-state index contributed by atoms with van der Waals surface area (Å²) in [6.45, 7) is 5.63. The van der Waals surface area contributed by atoms with Gasteiger partial charge in [-0.2, -0.15) is 0 Å². The van der Waals surface area contributed by atoms with Gasteiger partial charge < -0.3 is 5.11 Å². The lowest BCUT2D eigenvalue weighted by molar-refractivity contribution is -0.155. The quantitative estimate of drug-likeness (QED) is 0.760. The monoisotopic (exact) mass is 255 g/mol. The first-order chi connectivity index (χ1) is 8.23. The summed E-state index contributed by atoms with van der Waals surface area (Å²) >= 11 is 0. The largest absolute Gasteiger partial charge is 0.481 e. The minimum absolute atomic E-state index is 0.0755. The van der Waals surface area contributed by atoms with Crippen LogP contribution in [0.1, 0.15) is 52.9 Å². The predicted octanol–water partition coefficient (Wildman–Crippen LogP) is 1.80. The zero-order valence-electron chi connectivity index (χ0n) is 11.2. The minimum atomic E-state index is -0.848. The molecule has 5 nitrogen and oxygen atoms in total. The molecule has 1 aliphatic heterocycles. The molecular formula is C13H21NO4. The minimum Gasteiger partial charge on any atom is -0.481 e. The fourth-order valence-electron chi connectivity index (χ4n) is 2.36. The van der Waals surface area contributed by atoms with Crippen LogP contribution in [-0.2, 0) is 14.4 Å². The smallest absolute Gasteiger partial charge is 0.303 e. The standard InChI is InChI=1S/C13H21NO4/c1-9(5-4-6-12(17)18)14-10(15)7-13(2,3)8-11(14)16/h9H,4-8H2,1-3H3,(H,17,18). The van der Waals surface area contributed by atoms with Crippen LogP contribution >= 0.6 is 0 Å². The molecule has 0 aromatic carbocycles. The highest BCUT2D eigenvalue weighted by atomic mass is 16.4. The van der Waals surface area contributed by atoms with Crippen LogP contribution in [-0.4, -0.2) is 33.8 Å². The molecule has 0 radical (unpaired) electrons. The second-order valence-corrected chi connectivity index (χ2v) is 5.81. The normalized spacial score (nSPS) is 20.9. The number of carboxylic acids is 1. The molecule has 0 aliphatic carbocycles. The Morgan fingerprint density at radius 3 is 2.28 bits per heavy atom. The molecule has 1 saturated heterocycles. The van der Waals surface area contributed by atoms with E-state index in [1.54, 1.807) is 6.92 Å². The number of amides is 2. The highest BCUT2D eigenvalue weighted by Gasteiger charge is 2.39. The molecule has 1 atom stereocenters. The fraction of sp³-hybridized carbons (Fsp3) is 0.769. The van der Waals surface area contributed by atoms with Crippen molar-refractivity contribution in [2.24, 2.45) is 5.41 Å². The van der Waals surface area contributed by atoms with Crippen LogP contribution in [0.15, 0.2) is 0 Å². The van der Waals surface area contributed by atoms with Gasteiger partial charge in [0.25, 0.3) is 0 Å². The van der Waals surface area contributed by atoms with Gasteiger partial charge in [0.15, 0.2) is 0 Å². The van der Waals surface area contributed by atoms with Gasteiger partial charge in [0.05, 0.1) is 0 Å². The van der Waals surface area contributed by atoms with Gasteiger partial charge in [0.2, 0.25) is 11.8 Å². The van der Waals surface area contributed by atoms with E-state index in [1.807, 2.05) is 13.8 Å². The summed E-state index contributed by atoms with van der Waals surface area (Å²) in [6.07, 6.45) is 1.86. The Balaban J connectivity index is 2.57. The van der Waals surface area contributed by atoms with E-state index in [4.69, 9.17) is 5.11 Å². The summed E-state index contributed by atoms with van der Waals surface area (Å²) in [4.78, 5) is 35.6. The summed E-state index contributed by atoms with van der Waals surface area (Å²) in [5, 5.41) is 8.56. The van der Waals surface area contributed by atoms with Crippen molar-refractivity contribution in [3.05, 3.63) is 0 Å². The maximum Gasteiger partial charge on any atom is 0.303 e. The number of rotatable bonds is 5. The van der Waals surface area contributed by atoms with Gasteiger partial charge in [-0.3, -0.25) is 19.3 Å². The van der Waals surface area contributed by atoms with Crippen LogP contribution in [0.4, 0.5) is 0 Å². The van der Waals surface area contributed by atoms with Crippen molar-refractivity contribution in [2.45, 2.75) is 58.9 Å². The lowest BCUT2D eigenvalue weighted by Gasteiger charge is -2.37. The van der Waals surface area contributed by atoms with Crippen molar-refractivity contribution in [2.75, 3.05) is 0 Å². The van der Waals surface area contributed by atoms with Crippen molar-refractivity contribution in [1.29, 1.82) is 0 Å². The molecular weight excluding hydrogens is 234 g/mol. The molecule has 1 unspecified atom stereocenters. The van der Waals surface area contributed by atoms with E-state index in [0.29, 0.717) is 25.7 Å². The number of hydrogen-bond donors (Lipinski definition) is 1. The highest BCUT2D eigenvalue weighted by Crippen LogP contribution is 2.32. The Bertz CT molecular complexity index is 342. The summed E-state index contributed by atoms with van der Waals surface area (Å²) in [7, 11) is 0. The van der Waals surface area contributed by atoms with E-state index in [1.165, 1.54) is 4.90 Å². The summed E-state index contributed by atoms with van der Waals surface area (Å²) in [5.74, 6) is -1.13. The molecule has 0 saturated carbocycles. The molecule has 0 bridgehead atoms. The van der Waals surface area contributed by atoms with Crippen molar-refractivity contribution in [3.8, 4) is 0 Å². The van der Waals surface area contributed by atoms with E-state index >= 15 is 0 Å². The molecule has 0 aromatic rings. The average Bonchev–Trinajstić information content (AvgIpc) is 2.12. The number of carbonyl (C=O) groups is 3. The molecule has 1 heterocycles. The van der Waals surface area contributed by atoms with E-state index in [2.05, 4.69) is 0 Å². The number of imide groups is 1. The van der Waals surface area contributed by atoms with Crippen LogP contribution in [0.3, 0.4) is 0 Å². The molecule has 2 amide bonds. The van der Waals surface area contributed by atoms with Crippen LogP contribution < -0.4 is 0 Å². The number of nitrogens with zero attached hydrogens (tertiary/aromatic N) is 1. The van der Waals surface area contributed by atoms with Gasteiger partial charge in [-0.15, -0.1) is 0 Å². The highest BCUT2D eigenvalue weighted by molar-refractivity contribution is 5.98. The van der Waals surface area contributed by atoms with E-state index < -0.39 is 5.97 Å². The second kappa shape index (κ2) is 5.50. The maximum atomic E-state index is 11.9. The Morgan fingerprint density at radius 2 is 1.83 bits per heavy atom. The van der Waals surface area contributed by atoms with Gasteiger partial charge in [-0.05, 0) is 25.2 Å². The molecule has 1 fully saturated rings. The topological polar surface area (TPSA) is 74.7 Å². The average molecular weight is 255 g/mol. The summed E-state index contributed by atoms with van der Waals surface area (Å²) < 4.78 is 0. The Labute approximate surface area is 107 Å². The third-order valence-corrected chi connectivity index (χ3v) is 3.25. The summed E-state index contributed by atoms with van der Waals surface area (Å²) in [5.41, 5.74) is -0.258. The van der Waals surface area contributed by atoms with E-state index in [9.17, 15) is 14.4 Å². The van der Waals surface area contributed by atoms with Gasteiger partial charge in [0.1, 0.15) is 0 Å². The third kappa shape index (κ3) is 3.82. The van der Waals surface area contributed by atoms with Gasteiger partial charge >= 0.3 is 5.97 Å². The van der Waals surface area contributed by atoms with Crippen LogP contribution in [0, 0.1) is 5.41 Å². The lowest BCUT2D eigenvalue weighted by Crippen LogP contribution is -2.50. The molecule has 0 spiro atoms. The maximum absolute atomic E-state index is 11.9. The SMILES string of the molecule is CC(CCCC(=O)O)N1C(=O)CC(C)(C)CC1=O. The Kier molecular flexibility index (Phi) is 4.48. The van der Waals surface area contributed by atoms with Crippen LogP contribution in [0.5, 0.6) is 0 Å². The Morgan fingerprint density at radius 1 is 1.33 bits per heavy atom. The third-order valence-electron chi connectivity index (χ3n) is 3.25. The molecule has 1 aliphatic rings. The molecule has 0 aromatic heterocycles. The molecule has 1 N–H and O–H groups in total. The molecule has 18 heavy (non-hydrogen) atoms. The zero-order valence-corrected chi connectivity index (χ0v) is 11.2. The van der Waals surface area contributed by atoms with Crippen molar-refractivity contribution in [3.63, 3.8) is 0 Å². The van der Waals surface area contributed by atoms with Crippen LogP contribution in [0.25, 0.3) is 0 Å².